The van der Waals surface area contributed by atoms with Crippen molar-refractivity contribution in [3.8, 4) is 0 Å². The normalized spacial score (nSPS) is 10.6. The van der Waals surface area contributed by atoms with Crippen LogP contribution in [-0.2, 0) is 0 Å². The number of aliphatic hydroxyl groups is 1. The van der Waals surface area contributed by atoms with Crippen molar-refractivity contribution in [2.75, 3.05) is 30.4 Å². The highest BCUT2D eigenvalue weighted by Gasteiger charge is 2.11. The van der Waals surface area contributed by atoms with Gasteiger partial charge in [-0.3, -0.25) is 0 Å². The monoisotopic (exact) mass is 224 g/mol. The quantitative estimate of drug-likeness (QED) is 0.758. The molecule has 1 aromatic heterocycles. The van der Waals surface area contributed by atoms with E-state index in [2.05, 4.69) is 34.0 Å². The first-order chi connectivity index (χ1) is 7.69. The average molecular weight is 224 g/mol. The summed E-state index contributed by atoms with van der Waals surface area (Å²) >= 11 is 0. The van der Waals surface area contributed by atoms with Gasteiger partial charge in [0.25, 0.3) is 0 Å². The minimum Gasteiger partial charge on any atom is -0.396 e. The Bertz CT molecular complexity index is 317. The zero-order valence-electron chi connectivity index (χ0n) is 10.1. The number of aliphatic hydroxyl groups excluding tert-OH is 1. The molecule has 1 heterocycles. The summed E-state index contributed by atoms with van der Waals surface area (Å²) in [5, 5.41) is 11.8. The second-order valence-electron chi connectivity index (χ2n) is 3.85. The van der Waals surface area contributed by atoms with Crippen molar-refractivity contribution < 1.29 is 5.11 Å². The van der Waals surface area contributed by atoms with Crippen molar-refractivity contribution in [3.63, 3.8) is 0 Å². The van der Waals surface area contributed by atoms with Crippen LogP contribution in [0.25, 0.3) is 0 Å². The molecule has 5 nitrogen and oxygen atoms in total. The smallest absolute Gasteiger partial charge is 0.224 e. The van der Waals surface area contributed by atoms with E-state index in [9.17, 15) is 0 Å². The standard InChI is InChI=1S/C11H20N4O/c1-9(2)15(7-4-8-16)10-5-6-13-11(12-3)14-10/h5-6,9,16H,4,7-8H2,1-3H3,(H,12,13,14). The molecule has 0 saturated heterocycles. The largest absolute Gasteiger partial charge is 0.396 e. The van der Waals surface area contributed by atoms with Crippen LogP contribution >= 0.6 is 0 Å². The average Bonchev–Trinajstić information content (AvgIpc) is 2.29. The molecule has 0 unspecified atom stereocenters. The molecule has 0 radical (unpaired) electrons. The lowest BCUT2D eigenvalue weighted by atomic mass is 10.3. The van der Waals surface area contributed by atoms with Gasteiger partial charge in [0.15, 0.2) is 0 Å². The predicted octanol–water partition coefficient (Wildman–Crippen LogP) is 1.12. The third-order valence-electron chi connectivity index (χ3n) is 2.34. The highest BCUT2D eigenvalue weighted by atomic mass is 16.3. The van der Waals surface area contributed by atoms with Gasteiger partial charge < -0.3 is 15.3 Å². The molecule has 0 atom stereocenters. The van der Waals surface area contributed by atoms with E-state index in [1.54, 1.807) is 13.2 Å². The van der Waals surface area contributed by atoms with Crippen molar-refractivity contribution in [2.24, 2.45) is 0 Å². The molecular weight excluding hydrogens is 204 g/mol. The van der Waals surface area contributed by atoms with Crippen LogP contribution in [0.1, 0.15) is 20.3 Å². The topological polar surface area (TPSA) is 61.3 Å². The third-order valence-corrected chi connectivity index (χ3v) is 2.34. The number of hydrogen-bond acceptors (Lipinski definition) is 5. The van der Waals surface area contributed by atoms with E-state index in [-0.39, 0.29) is 6.61 Å². The summed E-state index contributed by atoms with van der Waals surface area (Å²) < 4.78 is 0. The van der Waals surface area contributed by atoms with E-state index in [1.165, 1.54) is 0 Å². The van der Waals surface area contributed by atoms with E-state index < -0.39 is 0 Å². The summed E-state index contributed by atoms with van der Waals surface area (Å²) in [7, 11) is 1.80. The molecule has 0 saturated carbocycles. The molecule has 0 bridgehead atoms. The second-order valence-corrected chi connectivity index (χ2v) is 3.85. The minimum atomic E-state index is 0.202. The van der Waals surface area contributed by atoms with Crippen LogP contribution in [-0.4, -0.2) is 41.3 Å². The van der Waals surface area contributed by atoms with Gasteiger partial charge in [-0.05, 0) is 26.3 Å². The van der Waals surface area contributed by atoms with Crippen LogP contribution in [0.5, 0.6) is 0 Å². The van der Waals surface area contributed by atoms with Crippen molar-refractivity contribution in [3.05, 3.63) is 12.3 Å². The summed E-state index contributed by atoms with van der Waals surface area (Å²) in [4.78, 5) is 10.6. The molecule has 0 fully saturated rings. The number of anilines is 2. The fourth-order valence-corrected chi connectivity index (χ4v) is 1.51. The summed E-state index contributed by atoms with van der Waals surface area (Å²) in [6.45, 7) is 5.22. The number of hydrogen-bond donors (Lipinski definition) is 2. The SMILES string of the molecule is CNc1nccc(N(CCCO)C(C)C)n1. The van der Waals surface area contributed by atoms with Gasteiger partial charge in [-0.15, -0.1) is 0 Å². The van der Waals surface area contributed by atoms with Crippen LogP contribution < -0.4 is 10.2 Å². The first kappa shape index (κ1) is 12.7. The lowest BCUT2D eigenvalue weighted by molar-refractivity contribution is 0.288. The van der Waals surface area contributed by atoms with E-state index in [4.69, 9.17) is 5.11 Å². The summed E-state index contributed by atoms with van der Waals surface area (Å²) in [6, 6.07) is 2.24. The Morgan fingerprint density at radius 3 is 2.81 bits per heavy atom. The van der Waals surface area contributed by atoms with Crippen molar-refractivity contribution in [2.45, 2.75) is 26.3 Å². The molecule has 5 heteroatoms. The molecule has 0 amide bonds. The zero-order valence-corrected chi connectivity index (χ0v) is 10.1. The number of nitrogens with one attached hydrogen (secondary N) is 1. The summed E-state index contributed by atoms with van der Waals surface area (Å²) in [5.74, 6) is 1.51. The van der Waals surface area contributed by atoms with Crippen molar-refractivity contribution in [1.82, 2.24) is 9.97 Å². The van der Waals surface area contributed by atoms with E-state index in [1.807, 2.05) is 6.07 Å². The molecule has 0 aliphatic rings. The molecule has 0 aliphatic heterocycles. The van der Waals surface area contributed by atoms with Crippen LogP contribution in [0.15, 0.2) is 12.3 Å². The number of aromatic nitrogens is 2. The molecule has 0 spiro atoms. The Morgan fingerprint density at radius 1 is 1.50 bits per heavy atom. The van der Waals surface area contributed by atoms with Gasteiger partial charge in [-0.25, -0.2) is 4.98 Å². The first-order valence-electron chi connectivity index (χ1n) is 5.57. The Labute approximate surface area is 96.5 Å². The van der Waals surface area contributed by atoms with Crippen LogP contribution in [0.3, 0.4) is 0 Å². The lowest BCUT2D eigenvalue weighted by Crippen LogP contribution is -2.33. The predicted molar refractivity (Wildman–Crippen MR) is 65.8 cm³/mol. The van der Waals surface area contributed by atoms with Crippen molar-refractivity contribution >= 4 is 11.8 Å². The van der Waals surface area contributed by atoms with Gasteiger partial charge in [-0.2, -0.15) is 4.98 Å². The zero-order chi connectivity index (χ0) is 12.0. The molecule has 16 heavy (non-hydrogen) atoms. The molecule has 0 aliphatic carbocycles. The van der Waals surface area contributed by atoms with E-state index in [0.717, 1.165) is 18.8 Å². The Morgan fingerprint density at radius 2 is 2.25 bits per heavy atom. The Hall–Kier alpha value is -1.36. The summed E-state index contributed by atoms with van der Waals surface area (Å²) in [5.41, 5.74) is 0. The van der Waals surface area contributed by atoms with Crippen LogP contribution in [0.2, 0.25) is 0 Å². The highest BCUT2D eigenvalue weighted by molar-refractivity contribution is 5.42. The maximum absolute atomic E-state index is 8.87. The Kier molecular flexibility index (Phi) is 4.98. The lowest BCUT2D eigenvalue weighted by Gasteiger charge is -2.27. The van der Waals surface area contributed by atoms with Gasteiger partial charge in [0.05, 0.1) is 0 Å². The van der Waals surface area contributed by atoms with Crippen LogP contribution in [0, 0.1) is 0 Å². The first-order valence-corrected chi connectivity index (χ1v) is 5.57. The van der Waals surface area contributed by atoms with Gasteiger partial charge in [0, 0.05) is 32.4 Å². The van der Waals surface area contributed by atoms with E-state index >= 15 is 0 Å². The fourth-order valence-electron chi connectivity index (χ4n) is 1.51. The highest BCUT2D eigenvalue weighted by Crippen LogP contribution is 2.15. The van der Waals surface area contributed by atoms with Crippen molar-refractivity contribution in [1.29, 1.82) is 0 Å². The van der Waals surface area contributed by atoms with Gasteiger partial charge in [0.2, 0.25) is 5.95 Å². The summed E-state index contributed by atoms with van der Waals surface area (Å²) in [6.07, 6.45) is 2.49. The molecule has 2 N–H and O–H groups in total. The molecule has 1 aromatic rings. The van der Waals surface area contributed by atoms with Gasteiger partial charge >= 0.3 is 0 Å². The molecule has 90 valence electrons. The minimum absolute atomic E-state index is 0.202. The maximum Gasteiger partial charge on any atom is 0.224 e. The Balaban J connectivity index is 2.82. The van der Waals surface area contributed by atoms with E-state index in [0.29, 0.717) is 12.0 Å². The molecular formula is C11H20N4O. The fraction of sp³-hybridized carbons (Fsp3) is 0.636. The number of rotatable bonds is 6. The second kappa shape index (κ2) is 6.27. The number of nitrogens with zero attached hydrogens (tertiary/aromatic N) is 3. The van der Waals surface area contributed by atoms with Gasteiger partial charge in [-0.1, -0.05) is 0 Å². The third kappa shape index (κ3) is 3.34. The van der Waals surface area contributed by atoms with Crippen LogP contribution in [0.4, 0.5) is 11.8 Å². The molecule has 1 rings (SSSR count). The molecule has 0 aromatic carbocycles. The maximum atomic E-state index is 8.87. The van der Waals surface area contributed by atoms with Gasteiger partial charge in [0.1, 0.15) is 5.82 Å².